The minimum atomic E-state index is -3.61. The third-order valence-electron chi connectivity index (χ3n) is 0.977. The molecule has 13 heavy (non-hydrogen) atoms. The first kappa shape index (κ1) is 13.2. The van der Waals surface area contributed by atoms with Gasteiger partial charge in [0.2, 0.25) is 0 Å². The molecule has 0 saturated carbocycles. The van der Waals surface area contributed by atoms with Gasteiger partial charge in [-0.3, -0.25) is 4.57 Å². The van der Waals surface area contributed by atoms with Crippen molar-refractivity contribution in [2.45, 2.75) is 13.3 Å². The first-order valence-electron chi connectivity index (χ1n) is 3.65. The lowest BCUT2D eigenvalue weighted by Crippen LogP contribution is -1.87. The first-order valence-corrected chi connectivity index (χ1v) is 6.06. The number of allylic oxidation sites excluding steroid dienone is 2. The van der Waals surface area contributed by atoms with Crippen LogP contribution in [0, 0.1) is 0 Å². The predicted molar refractivity (Wildman–Crippen MR) is 55.0 cm³/mol. The van der Waals surface area contributed by atoms with E-state index in [-0.39, 0.29) is 11.1 Å². The fraction of sp³-hybridized carbons (Fsp3) is 0.429. The Hall–Kier alpha value is 0.210. The zero-order valence-corrected chi connectivity index (χ0v) is 9.52. The summed E-state index contributed by atoms with van der Waals surface area (Å²) in [4.78, 5) is 9.09. The Morgan fingerprint density at radius 1 is 1.62 bits per heavy atom. The summed E-state index contributed by atoms with van der Waals surface area (Å²) >= 11 is 10.5. The van der Waals surface area contributed by atoms with Crippen molar-refractivity contribution in [2.24, 2.45) is 0 Å². The smallest absolute Gasteiger partial charge is 0.321 e. The highest BCUT2D eigenvalue weighted by atomic mass is 35.5. The Kier molecular flexibility index (Phi) is 6.74. The van der Waals surface area contributed by atoms with Crippen molar-refractivity contribution >= 4 is 30.8 Å². The highest BCUT2D eigenvalue weighted by molar-refractivity contribution is 7.56. The average Bonchev–Trinajstić information content (AvgIpc) is 2.00. The summed E-state index contributed by atoms with van der Waals surface area (Å²) in [5, 5.41) is 0. The van der Waals surface area contributed by atoms with Crippen LogP contribution in [-0.4, -0.2) is 11.5 Å². The molecule has 76 valence electrons. The summed E-state index contributed by atoms with van der Waals surface area (Å²) in [6.07, 6.45) is 3.26. The van der Waals surface area contributed by atoms with E-state index in [9.17, 15) is 4.57 Å². The maximum Gasteiger partial charge on any atom is 0.351 e. The summed E-state index contributed by atoms with van der Waals surface area (Å²) in [5.74, 6) is 1.04. The van der Waals surface area contributed by atoms with Crippen LogP contribution in [-0.2, 0) is 9.09 Å². The summed E-state index contributed by atoms with van der Waals surface area (Å²) < 4.78 is 15.8. The molecule has 0 aromatic carbocycles. The molecule has 0 aliphatic heterocycles. The van der Waals surface area contributed by atoms with Gasteiger partial charge in [-0.2, -0.15) is 0 Å². The molecule has 0 aliphatic rings. The third kappa shape index (κ3) is 8.54. The van der Waals surface area contributed by atoms with Crippen LogP contribution >= 0.6 is 30.8 Å². The molecule has 0 fully saturated rings. The minimum Gasteiger partial charge on any atom is -0.321 e. The maximum absolute atomic E-state index is 11.1. The van der Waals surface area contributed by atoms with Gasteiger partial charge in [0.05, 0.1) is 6.61 Å². The van der Waals surface area contributed by atoms with Crippen molar-refractivity contribution in [1.29, 1.82) is 0 Å². The van der Waals surface area contributed by atoms with Gasteiger partial charge in [-0.1, -0.05) is 36.2 Å². The minimum absolute atomic E-state index is 0.0201. The zero-order valence-electron chi connectivity index (χ0n) is 7.11. The lowest BCUT2D eigenvalue weighted by molar-refractivity contribution is 0.268. The SMILES string of the molecule is CCCOP(=O)(O)C=CC=C(Cl)Cl. The van der Waals surface area contributed by atoms with Crippen LogP contribution in [0.1, 0.15) is 13.3 Å². The van der Waals surface area contributed by atoms with Gasteiger partial charge in [0, 0.05) is 5.82 Å². The van der Waals surface area contributed by atoms with Crippen molar-refractivity contribution in [1.82, 2.24) is 0 Å². The van der Waals surface area contributed by atoms with Crippen molar-refractivity contribution in [3.05, 3.63) is 22.5 Å². The molecule has 0 aromatic rings. The van der Waals surface area contributed by atoms with E-state index >= 15 is 0 Å². The molecule has 1 unspecified atom stereocenters. The van der Waals surface area contributed by atoms with Crippen LogP contribution in [0.15, 0.2) is 22.5 Å². The van der Waals surface area contributed by atoms with Crippen molar-refractivity contribution in [3.63, 3.8) is 0 Å². The zero-order chi connectivity index (χ0) is 10.3. The summed E-state index contributed by atoms with van der Waals surface area (Å²) in [6.45, 7) is 2.09. The van der Waals surface area contributed by atoms with E-state index in [0.29, 0.717) is 6.42 Å². The van der Waals surface area contributed by atoms with Crippen LogP contribution in [0.25, 0.3) is 0 Å². The molecule has 0 bridgehead atoms. The van der Waals surface area contributed by atoms with Crippen LogP contribution in [0.5, 0.6) is 0 Å². The van der Waals surface area contributed by atoms with E-state index in [1.807, 2.05) is 6.92 Å². The van der Waals surface area contributed by atoms with Crippen molar-refractivity contribution in [2.75, 3.05) is 6.61 Å². The molecular formula is C7H11Cl2O3P. The van der Waals surface area contributed by atoms with E-state index in [1.54, 1.807) is 0 Å². The topological polar surface area (TPSA) is 46.5 Å². The molecule has 0 spiro atoms. The molecule has 0 heterocycles. The fourth-order valence-electron chi connectivity index (χ4n) is 0.490. The van der Waals surface area contributed by atoms with Crippen LogP contribution in [0.2, 0.25) is 0 Å². The number of rotatable bonds is 5. The molecule has 1 atom stereocenters. The summed E-state index contributed by atoms with van der Waals surface area (Å²) in [5.41, 5.74) is 0. The third-order valence-corrected chi connectivity index (χ3v) is 2.33. The van der Waals surface area contributed by atoms with E-state index in [2.05, 4.69) is 4.52 Å². The molecule has 6 heteroatoms. The first-order chi connectivity index (χ1) is 5.98. The fourth-order valence-corrected chi connectivity index (χ4v) is 1.47. The van der Waals surface area contributed by atoms with Crippen molar-refractivity contribution in [3.8, 4) is 0 Å². The maximum atomic E-state index is 11.1. The lowest BCUT2D eigenvalue weighted by Gasteiger charge is -2.05. The molecule has 1 N–H and O–H groups in total. The standard InChI is InChI=1S/C7H11Cl2O3P/c1-2-5-12-13(10,11)6-3-4-7(8)9/h3-4,6H,2,5H2,1H3,(H,10,11). The van der Waals surface area contributed by atoms with Gasteiger partial charge in [-0.05, 0) is 12.5 Å². The Balaban J connectivity index is 4.09. The van der Waals surface area contributed by atoms with Crippen LogP contribution in [0.3, 0.4) is 0 Å². The average molecular weight is 245 g/mol. The number of hydrogen-bond donors (Lipinski definition) is 1. The van der Waals surface area contributed by atoms with E-state index < -0.39 is 7.60 Å². The summed E-state index contributed by atoms with van der Waals surface area (Å²) in [7, 11) is -3.61. The quantitative estimate of drug-likeness (QED) is 0.596. The molecular weight excluding hydrogens is 234 g/mol. The highest BCUT2D eigenvalue weighted by Gasteiger charge is 2.12. The largest absolute Gasteiger partial charge is 0.351 e. The molecule has 0 aromatic heterocycles. The molecule has 0 saturated heterocycles. The lowest BCUT2D eigenvalue weighted by atomic mass is 10.5. The highest BCUT2D eigenvalue weighted by Crippen LogP contribution is 2.43. The molecule has 0 amide bonds. The van der Waals surface area contributed by atoms with Gasteiger partial charge in [-0.25, -0.2) is 0 Å². The van der Waals surface area contributed by atoms with E-state index in [4.69, 9.17) is 28.1 Å². The second-order valence-electron chi connectivity index (χ2n) is 2.20. The second kappa shape index (κ2) is 6.63. The number of hydrogen-bond acceptors (Lipinski definition) is 2. The van der Waals surface area contributed by atoms with E-state index in [0.717, 1.165) is 5.82 Å². The molecule has 0 rings (SSSR count). The van der Waals surface area contributed by atoms with Gasteiger partial charge in [0.25, 0.3) is 0 Å². The summed E-state index contributed by atoms with van der Waals surface area (Å²) in [6, 6.07) is 0. The van der Waals surface area contributed by atoms with Gasteiger partial charge in [0.15, 0.2) is 0 Å². The van der Waals surface area contributed by atoms with Gasteiger partial charge < -0.3 is 9.42 Å². The van der Waals surface area contributed by atoms with Gasteiger partial charge in [-0.15, -0.1) is 0 Å². The predicted octanol–water partition coefficient (Wildman–Crippen LogP) is 3.43. The monoisotopic (exact) mass is 244 g/mol. The number of halogens is 2. The van der Waals surface area contributed by atoms with Gasteiger partial charge >= 0.3 is 7.60 Å². The Labute approximate surface area is 87.5 Å². The van der Waals surface area contributed by atoms with E-state index in [1.165, 1.54) is 12.2 Å². The Morgan fingerprint density at radius 2 is 2.23 bits per heavy atom. The second-order valence-corrected chi connectivity index (χ2v) is 4.89. The Bertz CT molecular complexity index is 246. The van der Waals surface area contributed by atoms with Crippen molar-refractivity contribution < 1.29 is 14.0 Å². The van der Waals surface area contributed by atoms with Crippen LogP contribution < -0.4 is 0 Å². The molecule has 3 nitrogen and oxygen atoms in total. The normalized spacial score (nSPS) is 15.7. The molecule has 0 aliphatic carbocycles. The Morgan fingerprint density at radius 3 is 2.69 bits per heavy atom. The molecule has 0 radical (unpaired) electrons. The van der Waals surface area contributed by atoms with Gasteiger partial charge in [0.1, 0.15) is 4.49 Å². The van der Waals surface area contributed by atoms with Crippen LogP contribution in [0.4, 0.5) is 0 Å².